The van der Waals surface area contributed by atoms with E-state index in [1.807, 2.05) is 32.3 Å². The molecule has 0 aliphatic carbocycles. The number of halogens is 1. The average Bonchev–Trinajstić information content (AvgIpc) is 3.15. The molecule has 0 saturated carbocycles. The monoisotopic (exact) mass is 382 g/mol. The fourth-order valence-electron chi connectivity index (χ4n) is 2.80. The van der Waals surface area contributed by atoms with Gasteiger partial charge in [0.15, 0.2) is 0 Å². The lowest BCUT2D eigenvalue weighted by atomic mass is 10.1. The number of nitrogens with one attached hydrogen (secondary N) is 1. The Hall–Kier alpha value is -3.06. The van der Waals surface area contributed by atoms with E-state index in [1.165, 1.54) is 17.7 Å². The topological polar surface area (TPSA) is 71.3 Å². The van der Waals surface area contributed by atoms with E-state index in [0.717, 1.165) is 12.1 Å². The summed E-state index contributed by atoms with van der Waals surface area (Å²) in [5, 5.41) is 6.82. The van der Waals surface area contributed by atoms with E-state index in [4.69, 9.17) is 4.52 Å². The SMILES string of the molecule is CN(C)Cc1ccccc1CNC(=O)CCc1nc(-c2ccc(F)cc2)no1. The highest BCUT2D eigenvalue weighted by molar-refractivity contribution is 5.76. The lowest BCUT2D eigenvalue weighted by Gasteiger charge is -2.14. The zero-order valence-corrected chi connectivity index (χ0v) is 16.0. The molecule has 0 radical (unpaired) electrons. The van der Waals surface area contributed by atoms with Gasteiger partial charge in [-0.3, -0.25) is 4.79 Å². The number of benzene rings is 2. The van der Waals surface area contributed by atoms with Crippen LogP contribution >= 0.6 is 0 Å². The van der Waals surface area contributed by atoms with E-state index in [0.29, 0.717) is 30.2 Å². The van der Waals surface area contributed by atoms with Crippen LogP contribution in [0, 0.1) is 5.82 Å². The maximum Gasteiger partial charge on any atom is 0.227 e. The molecule has 1 heterocycles. The number of aromatic nitrogens is 2. The maximum atomic E-state index is 13.0. The first kappa shape index (κ1) is 19.7. The van der Waals surface area contributed by atoms with Crippen LogP contribution in [-0.2, 0) is 24.3 Å². The predicted octanol–water partition coefficient (Wildman–Crippen LogP) is 3.19. The number of rotatable bonds is 8. The van der Waals surface area contributed by atoms with Gasteiger partial charge in [-0.25, -0.2) is 4.39 Å². The van der Waals surface area contributed by atoms with E-state index >= 15 is 0 Å². The van der Waals surface area contributed by atoms with E-state index in [9.17, 15) is 9.18 Å². The second-order valence-corrected chi connectivity index (χ2v) is 6.80. The average molecular weight is 382 g/mol. The lowest BCUT2D eigenvalue weighted by molar-refractivity contribution is -0.121. The molecule has 146 valence electrons. The summed E-state index contributed by atoms with van der Waals surface area (Å²) in [4.78, 5) is 18.5. The van der Waals surface area contributed by atoms with Gasteiger partial charge in [0.2, 0.25) is 17.6 Å². The summed E-state index contributed by atoms with van der Waals surface area (Å²) in [6, 6.07) is 13.9. The number of carbonyl (C=O) groups is 1. The molecule has 28 heavy (non-hydrogen) atoms. The Bertz CT molecular complexity index is 922. The van der Waals surface area contributed by atoms with Gasteiger partial charge in [-0.2, -0.15) is 4.98 Å². The van der Waals surface area contributed by atoms with Crippen molar-refractivity contribution in [3.8, 4) is 11.4 Å². The third-order valence-corrected chi connectivity index (χ3v) is 4.22. The van der Waals surface area contributed by atoms with Crippen molar-refractivity contribution in [3.63, 3.8) is 0 Å². The second kappa shape index (κ2) is 9.23. The van der Waals surface area contributed by atoms with Gasteiger partial charge in [-0.1, -0.05) is 29.4 Å². The summed E-state index contributed by atoms with van der Waals surface area (Å²) < 4.78 is 18.2. The van der Waals surface area contributed by atoms with Crippen molar-refractivity contribution in [2.45, 2.75) is 25.9 Å². The van der Waals surface area contributed by atoms with Crippen LogP contribution < -0.4 is 5.32 Å². The Morgan fingerprint density at radius 1 is 1.11 bits per heavy atom. The zero-order valence-electron chi connectivity index (χ0n) is 16.0. The summed E-state index contributed by atoms with van der Waals surface area (Å²) in [5.41, 5.74) is 2.95. The van der Waals surface area contributed by atoms with Crippen LogP contribution in [0.4, 0.5) is 4.39 Å². The van der Waals surface area contributed by atoms with Crippen molar-refractivity contribution >= 4 is 5.91 Å². The number of hydrogen-bond acceptors (Lipinski definition) is 5. The zero-order chi connectivity index (χ0) is 19.9. The van der Waals surface area contributed by atoms with Crippen molar-refractivity contribution in [3.05, 3.63) is 71.4 Å². The first-order chi connectivity index (χ1) is 13.5. The normalized spacial score (nSPS) is 11.0. The van der Waals surface area contributed by atoms with E-state index in [-0.39, 0.29) is 18.1 Å². The van der Waals surface area contributed by atoms with Crippen LogP contribution in [0.2, 0.25) is 0 Å². The van der Waals surface area contributed by atoms with E-state index in [2.05, 4.69) is 26.4 Å². The van der Waals surface area contributed by atoms with Crippen LogP contribution in [0.5, 0.6) is 0 Å². The van der Waals surface area contributed by atoms with Crippen LogP contribution in [0.1, 0.15) is 23.4 Å². The highest BCUT2D eigenvalue weighted by Crippen LogP contribution is 2.16. The van der Waals surface area contributed by atoms with Crippen LogP contribution in [0.25, 0.3) is 11.4 Å². The molecule has 0 atom stereocenters. The Morgan fingerprint density at radius 3 is 2.54 bits per heavy atom. The van der Waals surface area contributed by atoms with Crippen molar-refractivity contribution in [2.75, 3.05) is 14.1 Å². The largest absolute Gasteiger partial charge is 0.352 e. The first-order valence-electron chi connectivity index (χ1n) is 9.08. The van der Waals surface area contributed by atoms with Crippen LogP contribution in [0.3, 0.4) is 0 Å². The molecule has 1 amide bonds. The molecule has 0 aliphatic rings. The molecule has 0 unspecified atom stereocenters. The number of carbonyl (C=O) groups excluding carboxylic acids is 1. The van der Waals surface area contributed by atoms with Gasteiger partial charge in [-0.05, 0) is 49.5 Å². The molecule has 1 N–H and O–H groups in total. The molecular formula is C21H23FN4O2. The molecule has 2 aromatic carbocycles. The summed E-state index contributed by atoms with van der Waals surface area (Å²) >= 11 is 0. The Balaban J connectivity index is 1.51. The van der Waals surface area contributed by atoms with Crippen LogP contribution in [-0.4, -0.2) is 35.0 Å². The minimum Gasteiger partial charge on any atom is -0.352 e. The third kappa shape index (κ3) is 5.47. The van der Waals surface area contributed by atoms with Gasteiger partial charge in [0.25, 0.3) is 0 Å². The number of amides is 1. The minimum atomic E-state index is -0.323. The van der Waals surface area contributed by atoms with Crippen molar-refractivity contribution in [1.29, 1.82) is 0 Å². The molecule has 0 saturated heterocycles. The molecule has 3 rings (SSSR count). The van der Waals surface area contributed by atoms with Gasteiger partial charge in [-0.15, -0.1) is 0 Å². The molecule has 3 aromatic rings. The van der Waals surface area contributed by atoms with Gasteiger partial charge in [0.05, 0.1) is 0 Å². The molecule has 1 aromatic heterocycles. The summed E-state index contributed by atoms with van der Waals surface area (Å²) in [6.45, 7) is 1.30. The summed E-state index contributed by atoms with van der Waals surface area (Å²) in [7, 11) is 4.03. The Morgan fingerprint density at radius 2 is 1.82 bits per heavy atom. The van der Waals surface area contributed by atoms with E-state index < -0.39 is 0 Å². The second-order valence-electron chi connectivity index (χ2n) is 6.80. The summed E-state index contributed by atoms with van der Waals surface area (Å²) in [5.74, 6) is 0.355. The Labute approximate surface area is 163 Å². The molecule has 7 heteroatoms. The smallest absolute Gasteiger partial charge is 0.227 e. The van der Waals surface area contributed by atoms with Gasteiger partial charge >= 0.3 is 0 Å². The standard InChI is InChI=1S/C21H23FN4O2/c1-26(2)14-17-6-4-3-5-16(17)13-23-19(27)11-12-20-24-21(25-28-20)15-7-9-18(22)10-8-15/h3-10H,11-14H2,1-2H3,(H,23,27). The molecule has 0 aliphatic heterocycles. The minimum absolute atomic E-state index is 0.0822. The lowest BCUT2D eigenvalue weighted by Crippen LogP contribution is -2.24. The predicted molar refractivity (Wildman–Crippen MR) is 104 cm³/mol. The maximum absolute atomic E-state index is 13.0. The molecule has 0 spiro atoms. The van der Waals surface area contributed by atoms with Crippen LogP contribution in [0.15, 0.2) is 53.1 Å². The molecule has 6 nitrogen and oxygen atoms in total. The first-order valence-corrected chi connectivity index (χ1v) is 9.08. The fraction of sp³-hybridized carbons (Fsp3) is 0.286. The summed E-state index contributed by atoms with van der Waals surface area (Å²) in [6.07, 6.45) is 0.597. The Kier molecular flexibility index (Phi) is 6.49. The number of nitrogens with zero attached hydrogens (tertiary/aromatic N) is 3. The highest BCUT2D eigenvalue weighted by Gasteiger charge is 2.11. The number of aryl methyl sites for hydroxylation is 1. The number of hydrogen-bond donors (Lipinski definition) is 1. The van der Waals surface area contributed by atoms with Crippen molar-refractivity contribution in [1.82, 2.24) is 20.4 Å². The van der Waals surface area contributed by atoms with E-state index in [1.54, 1.807) is 12.1 Å². The fourth-order valence-corrected chi connectivity index (χ4v) is 2.80. The van der Waals surface area contributed by atoms with Crippen molar-refractivity contribution < 1.29 is 13.7 Å². The quantitative estimate of drug-likeness (QED) is 0.648. The molecule has 0 fully saturated rings. The third-order valence-electron chi connectivity index (χ3n) is 4.22. The van der Waals surface area contributed by atoms with Gasteiger partial charge < -0.3 is 14.7 Å². The van der Waals surface area contributed by atoms with Gasteiger partial charge in [0.1, 0.15) is 5.82 Å². The molecular weight excluding hydrogens is 359 g/mol. The highest BCUT2D eigenvalue weighted by atomic mass is 19.1. The molecule has 0 bridgehead atoms. The van der Waals surface area contributed by atoms with Crippen molar-refractivity contribution in [2.24, 2.45) is 0 Å². The van der Waals surface area contributed by atoms with Gasteiger partial charge in [0, 0.05) is 31.5 Å².